The molecule has 2 fully saturated rings. The lowest BCUT2D eigenvalue weighted by molar-refractivity contribution is -0.168. The standard InChI is InChI=1S/C18H21BrN2O3/c1-11(12-5-7-13(19)8-6-12)20-21-14(22)18-10-9-17(4,15(23)24-18)16(18,2)3/h5-8H,9-10H2,1-4H3,(H,21,22)/b20-11-/t17-,18-/m0/s1. The zero-order chi connectivity index (χ0) is 17.8. The largest absolute Gasteiger partial charge is 0.448 e. The Labute approximate surface area is 150 Å². The van der Waals surface area contributed by atoms with E-state index in [1.807, 2.05) is 52.0 Å². The first kappa shape index (κ1) is 17.1. The average Bonchev–Trinajstić information content (AvgIpc) is 2.83. The number of hydrogen-bond donors (Lipinski definition) is 1. The van der Waals surface area contributed by atoms with Crippen molar-refractivity contribution in [3.8, 4) is 0 Å². The molecular weight excluding hydrogens is 372 g/mol. The third-order valence-corrected chi connectivity index (χ3v) is 6.57. The molecular formula is C18H21BrN2O3. The zero-order valence-corrected chi connectivity index (χ0v) is 15.9. The first-order chi connectivity index (χ1) is 11.1. The zero-order valence-electron chi connectivity index (χ0n) is 14.3. The first-order valence-electron chi connectivity index (χ1n) is 7.98. The van der Waals surface area contributed by atoms with Gasteiger partial charge < -0.3 is 4.74 Å². The van der Waals surface area contributed by atoms with Crippen molar-refractivity contribution in [2.24, 2.45) is 15.9 Å². The Morgan fingerprint density at radius 1 is 1.21 bits per heavy atom. The third kappa shape index (κ3) is 2.15. The summed E-state index contributed by atoms with van der Waals surface area (Å²) in [6, 6.07) is 7.66. The summed E-state index contributed by atoms with van der Waals surface area (Å²) in [4.78, 5) is 25.0. The fourth-order valence-corrected chi connectivity index (χ4v) is 3.99. The molecule has 1 aromatic rings. The Morgan fingerprint density at radius 3 is 2.33 bits per heavy atom. The van der Waals surface area contributed by atoms with Crippen LogP contribution < -0.4 is 5.43 Å². The number of rotatable bonds is 3. The van der Waals surface area contributed by atoms with Crippen LogP contribution in [0.25, 0.3) is 0 Å². The average molecular weight is 393 g/mol. The number of nitrogens with one attached hydrogen (secondary N) is 1. The predicted molar refractivity (Wildman–Crippen MR) is 94.4 cm³/mol. The molecule has 128 valence electrons. The van der Waals surface area contributed by atoms with E-state index in [9.17, 15) is 9.59 Å². The summed E-state index contributed by atoms with van der Waals surface area (Å²) in [6.07, 6.45) is 1.18. The number of nitrogens with zero attached hydrogens (tertiary/aromatic N) is 1. The molecule has 0 unspecified atom stereocenters. The van der Waals surface area contributed by atoms with E-state index in [1.54, 1.807) is 0 Å². The van der Waals surface area contributed by atoms with Gasteiger partial charge in [0.1, 0.15) is 0 Å². The monoisotopic (exact) mass is 392 g/mol. The molecule has 1 heterocycles. The number of fused-ring (bicyclic) bond motifs is 2. The number of halogens is 1. The number of esters is 1. The van der Waals surface area contributed by atoms with E-state index in [-0.39, 0.29) is 11.9 Å². The maximum atomic E-state index is 12.8. The second kappa shape index (κ2) is 5.41. The summed E-state index contributed by atoms with van der Waals surface area (Å²) in [5.41, 5.74) is 1.89. The van der Waals surface area contributed by atoms with Crippen molar-refractivity contribution >= 4 is 33.5 Å². The summed E-state index contributed by atoms with van der Waals surface area (Å²) in [7, 11) is 0. The van der Waals surface area contributed by atoms with Crippen LogP contribution in [-0.4, -0.2) is 23.2 Å². The van der Waals surface area contributed by atoms with E-state index >= 15 is 0 Å². The highest BCUT2D eigenvalue weighted by Crippen LogP contribution is 2.65. The summed E-state index contributed by atoms with van der Waals surface area (Å²) >= 11 is 3.39. The van der Waals surface area contributed by atoms with Crippen LogP contribution in [0.2, 0.25) is 0 Å². The van der Waals surface area contributed by atoms with Crippen LogP contribution in [0.4, 0.5) is 0 Å². The van der Waals surface area contributed by atoms with Gasteiger partial charge in [-0.25, -0.2) is 5.43 Å². The van der Waals surface area contributed by atoms with Crippen LogP contribution in [-0.2, 0) is 14.3 Å². The molecule has 1 amide bonds. The molecule has 3 rings (SSSR count). The predicted octanol–water partition coefficient (Wildman–Crippen LogP) is 3.41. The van der Waals surface area contributed by atoms with Crippen molar-refractivity contribution < 1.29 is 14.3 Å². The van der Waals surface area contributed by atoms with Crippen molar-refractivity contribution in [1.82, 2.24) is 5.43 Å². The molecule has 2 atom stereocenters. The number of hydrazone groups is 1. The summed E-state index contributed by atoms with van der Waals surface area (Å²) < 4.78 is 6.53. The number of carbonyl (C=O) groups is 2. The molecule has 24 heavy (non-hydrogen) atoms. The highest BCUT2D eigenvalue weighted by atomic mass is 79.9. The molecule has 1 N–H and O–H groups in total. The van der Waals surface area contributed by atoms with E-state index in [0.717, 1.165) is 10.0 Å². The van der Waals surface area contributed by atoms with Crippen LogP contribution in [0.3, 0.4) is 0 Å². The fourth-order valence-electron chi connectivity index (χ4n) is 3.73. The highest BCUT2D eigenvalue weighted by molar-refractivity contribution is 9.10. The van der Waals surface area contributed by atoms with E-state index in [2.05, 4.69) is 26.5 Å². The van der Waals surface area contributed by atoms with Crippen molar-refractivity contribution in [3.05, 3.63) is 34.3 Å². The molecule has 1 aliphatic heterocycles. The maximum Gasteiger partial charge on any atom is 0.313 e. The summed E-state index contributed by atoms with van der Waals surface area (Å²) in [5.74, 6) is -0.638. The molecule has 1 saturated heterocycles. The van der Waals surface area contributed by atoms with Gasteiger partial charge in [-0.2, -0.15) is 5.10 Å². The Balaban J connectivity index is 1.82. The lowest BCUT2D eigenvalue weighted by atomic mass is 9.66. The third-order valence-electron chi connectivity index (χ3n) is 6.04. The molecule has 1 aliphatic carbocycles. The minimum absolute atomic E-state index is 0.289. The van der Waals surface area contributed by atoms with Gasteiger partial charge in [0.15, 0.2) is 5.60 Å². The molecule has 1 aromatic carbocycles. The molecule has 2 bridgehead atoms. The van der Waals surface area contributed by atoms with Crippen LogP contribution >= 0.6 is 15.9 Å². The number of ether oxygens (including phenoxy) is 1. The van der Waals surface area contributed by atoms with Gasteiger partial charge in [-0.1, -0.05) is 41.9 Å². The lowest BCUT2D eigenvalue weighted by Crippen LogP contribution is -2.52. The minimum Gasteiger partial charge on any atom is -0.448 e. The van der Waals surface area contributed by atoms with Gasteiger partial charge in [-0.05, 0) is 44.4 Å². The second-order valence-electron chi connectivity index (χ2n) is 7.32. The van der Waals surface area contributed by atoms with Gasteiger partial charge in [0, 0.05) is 9.89 Å². The Hall–Kier alpha value is -1.69. The van der Waals surface area contributed by atoms with Crippen molar-refractivity contribution in [3.63, 3.8) is 0 Å². The molecule has 5 nitrogen and oxygen atoms in total. The smallest absolute Gasteiger partial charge is 0.313 e. The van der Waals surface area contributed by atoms with Crippen molar-refractivity contribution in [2.75, 3.05) is 0 Å². The Morgan fingerprint density at radius 2 is 1.83 bits per heavy atom. The molecule has 0 spiro atoms. The van der Waals surface area contributed by atoms with Crippen LogP contribution in [0.5, 0.6) is 0 Å². The van der Waals surface area contributed by atoms with Gasteiger partial charge in [0.25, 0.3) is 5.91 Å². The summed E-state index contributed by atoms with van der Waals surface area (Å²) in [6.45, 7) is 7.56. The van der Waals surface area contributed by atoms with Crippen molar-refractivity contribution in [1.29, 1.82) is 0 Å². The molecule has 0 radical (unpaired) electrons. The SMILES string of the molecule is C/C(=N/NC(=O)[C@]12CC[C@@](C)(C(=O)O1)C2(C)C)c1ccc(Br)cc1. The molecule has 6 heteroatoms. The maximum absolute atomic E-state index is 12.8. The van der Waals surface area contributed by atoms with Crippen molar-refractivity contribution in [2.45, 2.75) is 46.1 Å². The number of carbonyl (C=O) groups excluding carboxylic acids is 2. The van der Waals surface area contributed by atoms with Gasteiger partial charge in [0.2, 0.25) is 0 Å². The van der Waals surface area contributed by atoms with E-state index in [4.69, 9.17) is 4.74 Å². The Kier molecular flexibility index (Phi) is 3.86. The quantitative estimate of drug-likeness (QED) is 0.486. The molecule has 0 aromatic heterocycles. The topological polar surface area (TPSA) is 67.8 Å². The van der Waals surface area contributed by atoms with Gasteiger partial charge in [-0.3, -0.25) is 9.59 Å². The van der Waals surface area contributed by atoms with Crippen LogP contribution in [0, 0.1) is 10.8 Å². The number of benzene rings is 1. The van der Waals surface area contributed by atoms with Gasteiger partial charge in [0.05, 0.1) is 11.1 Å². The van der Waals surface area contributed by atoms with Crippen LogP contribution in [0.15, 0.2) is 33.8 Å². The molecule has 1 saturated carbocycles. The second-order valence-corrected chi connectivity index (χ2v) is 8.23. The minimum atomic E-state index is -1.14. The van der Waals surface area contributed by atoms with Gasteiger partial charge in [-0.15, -0.1) is 0 Å². The highest BCUT2D eigenvalue weighted by Gasteiger charge is 2.75. The molecule has 2 aliphatic rings. The normalized spacial score (nSPS) is 31.0. The first-order valence-corrected chi connectivity index (χ1v) is 8.77. The van der Waals surface area contributed by atoms with Crippen LogP contribution in [0.1, 0.15) is 46.1 Å². The number of hydrogen-bond acceptors (Lipinski definition) is 4. The van der Waals surface area contributed by atoms with E-state index < -0.39 is 16.4 Å². The fraction of sp³-hybridized carbons (Fsp3) is 0.500. The van der Waals surface area contributed by atoms with E-state index in [1.165, 1.54) is 0 Å². The van der Waals surface area contributed by atoms with E-state index in [0.29, 0.717) is 18.6 Å². The number of amides is 1. The van der Waals surface area contributed by atoms with Gasteiger partial charge >= 0.3 is 5.97 Å². The Bertz CT molecular complexity index is 741. The lowest BCUT2D eigenvalue weighted by Gasteiger charge is -2.34. The summed E-state index contributed by atoms with van der Waals surface area (Å²) in [5, 5.41) is 4.20.